The van der Waals surface area contributed by atoms with Crippen LogP contribution in [-0.2, 0) is 9.57 Å². The molecule has 0 atom stereocenters. The van der Waals surface area contributed by atoms with Gasteiger partial charge < -0.3 is 9.57 Å². The standard InChI is InChI=1S/C7H15NO2/c1-4-9-5-7(2,3)6-10-8/h4H,1,5-6,8H2,2-3H3. The minimum Gasteiger partial charge on any atom is -0.501 e. The summed E-state index contributed by atoms with van der Waals surface area (Å²) >= 11 is 0. The topological polar surface area (TPSA) is 44.5 Å². The van der Waals surface area contributed by atoms with Gasteiger partial charge in [-0.15, -0.1) is 0 Å². The molecule has 0 amide bonds. The van der Waals surface area contributed by atoms with Crippen LogP contribution in [0.4, 0.5) is 0 Å². The fourth-order valence-corrected chi connectivity index (χ4v) is 0.552. The molecule has 0 aliphatic carbocycles. The van der Waals surface area contributed by atoms with Gasteiger partial charge in [0.2, 0.25) is 0 Å². The minimum absolute atomic E-state index is 0.0388. The Morgan fingerprint density at radius 1 is 1.50 bits per heavy atom. The summed E-state index contributed by atoms with van der Waals surface area (Å²) in [6.07, 6.45) is 1.41. The molecule has 0 bridgehead atoms. The van der Waals surface area contributed by atoms with Crippen LogP contribution in [0.2, 0.25) is 0 Å². The van der Waals surface area contributed by atoms with Crippen LogP contribution in [0.15, 0.2) is 12.8 Å². The number of hydrogen-bond donors (Lipinski definition) is 1. The highest BCUT2D eigenvalue weighted by Gasteiger charge is 2.17. The Balaban J connectivity index is 3.51. The first-order chi connectivity index (χ1) is 4.62. The number of nitrogens with two attached hydrogens (primary N) is 1. The zero-order chi connectivity index (χ0) is 8.04. The van der Waals surface area contributed by atoms with Crippen molar-refractivity contribution in [3.63, 3.8) is 0 Å². The summed E-state index contributed by atoms with van der Waals surface area (Å²) < 4.78 is 4.98. The molecule has 0 aromatic carbocycles. The number of hydrogen-bond acceptors (Lipinski definition) is 3. The second kappa shape index (κ2) is 4.30. The highest BCUT2D eigenvalue weighted by atomic mass is 16.6. The van der Waals surface area contributed by atoms with Gasteiger partial charge in [0.05, 0.1) is 19.5 Å². The Morgan fingerprint density at radius 3 is 2.50 bits per heavy atom. The second-order valence-corrected chi connectivity index (χ2v) is 2.95. The fourth-order valence-electron chi connectivity index (χ4n) is 0.552. The highest BCUT2D eigenvalue weighted by Crippen LogP contribution is 2.14. The summed E-state index contributed by atoms with van der Waals surface area (Å²) in [6.45, 7) is 8.50. The van der Waals surface area contributed by atoms with Gasteiger partial charge in [-0.25, -0.2) is 5.90 Å². The molecule has 0 rings (SSSR count). The molecule has 0 aliphatic heterocycles. The van der Waals surface area contributed by atoms with E-state index in [2.05, 4.69) is 11.4 Å². The molecular weight excluding hydrogens is 130 g/mol. The molecule has 3 nitrogen and oxygen atoms in total. The van der Waals surface area contributed by atoms with E-state index in [0.717, 1.165) is 0 Å². The Kier molecular flexibility index (Phi) is 4.07. The molecule has 0 heterocycles. The van der Waals surface area contributed by atoms with Crippen molar-refractivity contribution in [2.45, 2.75) is 13.8 Å². The molecule has 0 radical (unpaired) electrons. The van der Waals surface area contributed by atoms with Gasteiger partial charge in [0.1, 0.15) is 0 Å². The van der Waals surface area contributed by atoms with Crippen LogP contribution in [0.5, 0.6) is 0 Å². The van der Waals surface area contributed by atoms with E-state index >= 15 is 0 Å². The summed E-state index contributed by atoms with van der Waals surface area (Å²) in [5, 5.41) is 0. The number of rotatable bonds is 5. The first-order valence-corrected chi connectivity index (χ1v) is 3.16. The van der Waals surface area contributed by atoms with Crippen molar-refractivity contribution >= 4 is 0 Å². The Labute approximate surface area is 61.8 Å². The molecule has 0 unspecified atom stereocenters. The lowest BCUT2D eigenvalue weighted by molar-refractivity contribution is 0.0229. The molecule has 0 aromatic heterocycles. The first kappa shape index (κ1) is 9.46. The third-order valence-corrected chi connectivity index (χ3v) is 1.07. The lowest BCUT2D eigenvalue weighted by Crippen LogP contribution is -2.26. The molecule has 10 heavy (non-hydrogen) atoms. The van der Waals surface area contributed by atoms with Crippen LogP contribution in [0, 0.1) is 5.41 Å². The number of ether oxygens (including phenoxy) is 1. The lowest BCUT2D eigenvalue weighted by Gasteiger charge is -2.21. The van der Waals surface area contributed by atoms with Crippen LogP contribution in [0.1, 0.15) is 13.8 Å². The Morgan fingerprint density at radius 2 is 2.10 bits per heavy atom. The van der Waals surface area contributed by atoms with Gasteiger partial charge in [-0.05, 0) is 0 Å². The molecule has 3 heteroatoms. The summed E-state index contributed by atoms with van der Waals surface area (Å²) in [6, 6.07) is 0. The zero-order valence-electron chi connectivity index (χ0n) is 6.59. The molecule has 0 saturated carbocycles. The zero-order valence-corrected chi connectivity index (χ0v) is 6.59. The van der Waals surface area contributed by atoms with E-state index in [4.69, 9.17) is 10.6 Å². The van der Waals surface area contributed by atoms with Crippen molar-refractivity contribution in [2.24, 2.45) is 11.3 Å². The average molecular weight is 145 g/mol. The van der Waals surface area contributed by atoms with E-state index in [1.54, 1.807) is 0 Å². The van der Waals surface area contributed by atoms with Gasteiger partial charge in [0, 0.05) is 5.41 Å². The van der Waals surface area contributed by atoms with Crippen molar-refractivity contribution in [2.75, 3.05) is 13.2 Å². The maximum absolute atomic E-state index is 4.98. The normalized spacial score (nSPS) is 11.1. The monoisotopic (exact) mass is 145 g/mol. The van der Waals surface area contributed by atoms with E-state index in [1.807, 2.05) is 13.8 Å². The Hall–Kier alpha value is -0.540. The van der Waals surface area contributed by atoms with E-state index < -0.39 is 0 Å². The second-order valence-electron chi connectivity index (χ2n) is 2.95. The summed E-state index contributed by atoms with van der Waals surface area (Å²) in [5.41, 5.74) is -0.0388. The van der Waals surface area contributed by atoms with Crippen molar-refractivity contribution in [1.82, 2.24) is 0 Å². The van der Waals surface area contributed by atoms with Crippen LogP contribution in [-0.4, -0.2) is 13.2 Å². The van der Waals surface area contributed by atoms with Gasteiger partial charge in [-0.3, -0.25) is 0 Å². The van der Waals surface area contributed by atoms with Gasteiger partial charge in [-0.2, -0.15) is 0 Å². The summed E-state index contributed by atoms with van der Waals surface area (Å²) in [5.74, 6) is 4.90. The quantitative estimate of drug-likeness (QED) is 0.464. The van der Waals surface area contributed by atoms with Crippen LogP contribution in [0.25, 0.3) is 0 Å². The SMILES string of the molecule is C=COCC(C)(C)CON. The van der Waals surface area contributed by atoms with Crippen molar-refractivity contribution in [1.29, 1.82) is 0 Å². The third-order valence-electron chi connectivity index (χ3n) is 1.07. The summed E-state index contributed by atoms with van der Waals surface area (Å²) in [4.78, 5) is 4.49. The van der Waals surface area contributed by atoms with E-state index in [0.29, 0.717) is 13.2 Å². The van der Waals surface area contributed by atoms with Crippen molar-refractivity contribution < 1.29 is 9.57 Å². The molecular formula is C7H15NO2. The molecule has 0 aliphatic rings. The maximum atomic E-state index is 4.98. The predicted molar refractivity (Wildman–Crippen MR) is 40.1 cm³/mol. The molecule has 0 aromatic rings. The first-order valence-electron chi connectivity index (χ1n) is 3.16. The summed E-state index contributed by atoms with van der Waals surface area (Å²) in [7, 11) is 0. The van der Waals surface area contributed by atoms with Crippen LogP contribution in [0.3, 0.4) is 0 Å². The maximum Gasteiger partial charge on any atom is 0.0946 e. The van der Waals surface area contributed by atoms with Crippen molar-refractivity contribution in [3.05, 3.63) is 12.8 Å². The predicted octanol–water partition coefficient (Wildman–Crippen LogP) is 1.06. The molecule has 0 spiro atoms. The average Bonchev–Trinajstić information content (AvgIpc) is 1.84. The van der Waals surface area contributed by atoms with Gasteiger partial charge in [-0.1, -0.05) is 20.4 Å². The Bertz CT molecular complexity index is 102. The highest BCUT2D eigenvalue weighted by molar-refractivity contribution is 4.67. The lowest BCUT2D eigenvalue weighted by atomic mass is 9.97. The van der Waals surface area contributed by atoms with Gasteiger partial charge >= 0.3 is 0 Å². The van der Waals surface area contributed by atoms with Crippen LogP contribution < -0.4 is 5.90 Å². The molecule has 0 fully saturated rings. The molecule has 60 valence electrons. The fraction of sp³-hybridized carbons (Fsp3) is 0.714. The van der Waals surface area contributed by atoms with Crippen LogP contribution >= 0.6 is 0 Å². The van der Waals surface area contributed by atoms with E-state index in [1.165, 1.54) is 6.26 Å². The van der Waals surface area contributed by atoms with Gasteiger partial charge in [0.15, 0.2) is 0 Å². The van der Waals surface area contributed by atoms with E-state index in [9.17, 15) is 0 Å². The minimum atomic E-state index is -0.0388. The largest absolute Gasteiger partial charge is 0.501 e. The van der Waals surface area contributed by atoms with Gasteiger partial charge in [0.25, 0.3) is 0 Å². The molecule has 2 N–H and O–H groups in total. The van der Waals surface area contributed by atoms with Crippen molar-refractivity contribution in [3.8, 4) is 0 Å². The van der Waals surface area contributed by atoms with E-state index in [-0.39, 0.29) is 5.41 Å². The smallest absolute Gasteiger partial charge is 0.0946 e. The third kappa shape index (κ3) is 4.35. The molecule has 0 saturated heterocycles.